The van der Waals surface area contributed by atoms with Crippen molar-refractivity contribution in [2.24, 2.45) is 5.92 Å². The molecule has 8 heteroatoms. The lowest BCUT2D eigenvalue weighted by atomic mass is 9.97. The predicted octanol–water partition coefficient (Wildman–Crippen LogP) is 1.41. The summed E-state index contributed by atoms with van der Waals surface area (Å²) < 4.78 is 0. The molecule has 0 radical (unpaired) electrons. The van der Waals surface area contributed by atoms with Crippen LogP contribution in [0.25, 0.3) is 0 Å². The van der Waals surface area contributed by atoms with Gasteiger partial charge in [0, 0.05) is 32.6 Å². The maximum atomic E-state index is 12.2. The maximum Gasteiger partial charge on any atom is 0.228 e. The summed E-state index contributed by atoms with van der Waals surface area (Å²) in [4.78, 5) is 27.8. The highest BCUT2D eigenvalue weighted by Gasteiger charge is 2.29. The third-order valence-electron chi connectivity index (χ3n) is 4.32. The van der Waals surface area contributed by atoms with Crippen molar-refractivity contribution in [2.75, 3.05) is 36.0 Å². The minimum Gasteiger partial charge on any atom is -0.356 e. The van der Waals surface area contributed by atoms with Crippen molar-refractivity contribution < 1.29 is 9.59 Å². The van der Waals surface area contributed by atoms with Crippen LogP contribution in [0.2, 0.25) is 0 Å². The smallest absolute Gasteiger partial charge is 0.228 e. The van der Waals surface area contributed by atoms with E-state index < -0.39 is 0 Å². The van der Waals surface area contributed by atoms with Gasteiger partial charge in [0.15, 0.2) is 0 Å². The van der Waals surface area contributed by atoms with E-state index in [0.717, 1.165) is 50.4 Å². The summed E-state index contributed by atoms with van der Waals surface area (Å²) in [5.74, 6) is 0.273. The van der Waals surface area contributed by atoms with Gasteiger partial charge in [0.05, 0.1) is 5.92 Å². The Hall–Kier alpha value is -1.70. The summed E-state index contributed by atoms with van der Waals surface area (Å²) in [5, 5.41) is 12.9. The molecule has 3 heterocycles. The van der Waals surface area contributed by atoms with Crippen LogP contribution >= 0.6 is 11.3 Å². The average Bonchev–Trinajstić information content (AvgIpc) is 3.21. The third kappa shape index (κ3) is 3.63. The molecule has 0 saturated carbocycles. The van der Waals surface area contributed by atoms with Gasteiger partial charge in [0.1, 0.15) is 0 Å². The molecule has 2 saturated heterocycles. The Morgan fingerprint density at radius 3 is 2.87 bits per heavy atom. The fourth-order valence-corrected chi connectivity index (χ4v) is 3.98. The lowest BCUT2D eigenvalue weighted by Crippen LogP contribution is -2.43. The van der Waals surface area contributed by atoms with Crippen LogP contribution in [0.15, 0.2) is 0 Å². The molecule has 0 aromatic carbocycles. The SMILES string of the molecule is CCCNC(=O)[C@H]1CCCN(c2nnc(N3CCCC3=O)s2)C1. The second-order valence-electron chi connectivity index (χ2n) is 6.09. The van der Waals surface area contributed by atoms with Crippen LogP contribution in [0, 0.1) is 5.92 Å². The molecule has 2 aliphatic heterocycles. The largest absolute Gasteiger partial charge is 0.356 e. The summed E-state index contributed by atoms with van der Waals surface area (Å²) in [6.07, 6.45) is 4.32. The van der Waals surface area contributed by atoms with E-state index >= 15 is 0 Å². The first-order valence-corrected chi connectivity index (χ1v) is 9.17. The molecule has 126 valence electrons. The maximum absolute atomic E-state index is 12.2. The normalized spacial score (nSPS) is 21.8. The molecule has 1 aromatic heterocycles. The Labute approximate surface area is 140 Å². The number of carbonyl (C=O) groups excluding carboxylic acids is 2. The Balaban J connectivity index is 1.63. The van der Waals surface area contributed by atoms with Gasteiger partial charge in [0.25, 0.3) is 0 Å². The molecule has 3 rings (SSSR count). The van der Waals surface area contributed by atoms with Crippen LogP contribution in [0.4, 0.5) is 10.3 Å². The number of carbonyl (C=O) groups is 2. The van der Waals surface area contributed by atoms with Gasteiger partial charge in [-0.2, -0.15) is 0 Å². The van der Waals surface area contributed by atoms with Crippen molar-refractivity contribution in [3.63, 3.8) is 0 Å². The van der Waals surface area contributed by atoms with Crippen molar-refractivity contribution >= 4 is 33.4 Å². The second kappa shape index (κ2) is 7.25. The van der Waals surface area contributed by atoms with Gasteiger partial charge in [-0.15, -0.1) is 10.2 Å². The first kappa shape index (κ1) is 16.2. The fraction of sp³-hybridized carbons (Fsp3) is 0.733. The molecule has 2 fully saturated rings. The second-order valence-corrected chi connectivity index (χ2v) is 7.03. The Bertz CT molecular complexity index is 576. The van der Waals surface area contributed by atoms with Crippen molar-refractivity contribution in [2.45, 2.75) is 39.0 Å². The van der Waals surface area contributed by atoms with Crippen molar-refractivity contribution in [3.8, 4) is 0 Å². The number of anilines is 2. The van der Waals surface area contributed by atoms with Crippen molar-refractivity contribution in [3.05, 3.63) is 0 Å². The summed E-state index contributed by atoms with van der Waals surface area (Å²) in [6.45, 7) is 5.08. The molecule has 1 aromatic rings. The molecule has 1 N–H and O–H groups in total. The number of aromatic nitrogens is 2. The zero-order valence-electron chi connectivity index (χ0n) is 13.5. The lowest BCUT2D eigenvalue weighted by molar-refractivity contribution is -0.125. The molecule has 7 nitrogen and oxygen atoms in total. The van der Waals surface area contributed by atoms with Crippen LogP contribution in [-0.2, 0) is 9.59 Å². The highest BCUT2D eigenvalue weighted by atomic mass is 32.1. The standard InChI is InChI=1S/C15H23N5O2S/c1-2-7-16-13(22)11-5-3-8-19(10-11)14-17-18-15(23-14)20-9-4-6-12(20)21/h11H,2-10H2,1H3,(H,16,22)/t11-/m0/s1. The van der Waals surface area contributed by atoms with Crippen LogP contribution in [0.5, 0.6) is 0 Å². The minimum absolute atomic E-state index is 0.0102. The van der Waals surface area contributed by atoms with Crippen LogP contribution in [0.3, 0.4) is 0 Å². The van der Waals surface area contributed by atoms with Gasteiger partial charge in [-0.05, 0) is 25.7 Å². The van der Waals surface area contributed by atoms with E-state index in [1.807, 2.05) is 0 Å². The van der Waals surface area contributed by atoms with Crippen LogP contribution < -0.4 is 15.1 Å². The molecular weight excluding hydrogens is 314 g/mol. The number of amides is 2. The minimum atomic E-state index is 0.0102. The Kier molecular flexibility index (Phi) is 5.09. The number of piperidine rings is 1. The third-order valence-corrected chi connectivity index (χ3v) is 5.33. The first-order valence-electron chi connectivity index (χ1n) is 8.35. The Morgan fingerprint density at radius 1 is 1.30 bits per heavy atom. The summed E-state index contributed by atoms with van der Waals surface area (Å²) >= 11 is 1.45. The quantitative estimate of drug-likeness (QED) is 0.879. The highest BCUT2D eigenvalue weighted by molar-refractivity contribution is 7.19. The molecule has 1 atom stereocenters. The van der Waals surface area contributed by atoms with Gasteiger partial charge in [0.2, 0.25) is 22.1 Å². The van der Waals surface area contributed by atoms with E-state index in [1.165, 1.54) is 11.3 Å². The van der Waals surface area contributed by atoms with Gasteiger partial charge in [-0.3, -0.25) is 14.5 Å². The van der Waals surface area contributed by atoms with E-state index in [9.17, 15) is 9.59 Å². The summed E-state index contributed by atoms with van der Waals surface area (Å²) in [7, 11) is 0. The molecule has 23 heavy (non-hydrogen) atoms. The van der Waals surface area contributed by atoms with Crippen LogP contribution in [-0.4, -0.2) is 48.2 Å². The molecule has 2 aliphatic rings. The Morgan fingerprint density at radius 2 is 2.13 bits per heavy atom. The number of rotatable bonds is 5. The zero-order valence-corrected chi connectivity index (χ0v) is 14.3. The van der Waals surface area contributed by atoms with Gasteiger partial charge in [-0.1, -0.05) is 18.3 Å². The summed E-state index contributed by atoms with van der Waals surface area (Å²) in [6, 6.07) is 0. The number of hydrogen-bond donors (Lipinski definition) is 1. The molecule has 0 aliphatic carbocycles. The van der Waals surface area contributed by atoms with E-state index in [4.69, 9.17) is 0 Å². The van der Waals surface area contributed by atoms with Crippen LogP contribution in [0.1, 0.15) is 39.0 Å². The molecular formula is C15H23N5O2S. The monoisotopic (exact) mass is 337 g/mol. The average molecular weight is 337 g/mol. The van der Waals surface area contributed by atoms with E-state index in [-0.39, 0.29) is 17.7 Å². The molecule has 2 amide bonds. The molecule has 0 spiro atoms. The van der Waals surface area contributed by atoms with Crippen molar-refractivity contribution in [1.29, 1.82) is 0 Å². The number of nitrogens with zero attached hydrogens (tertiary/aromatic N) is 4. The van der Waals surface area contributed by atoms with Gasteiger partial charge < -0.3 is 10.2 Å². The van der Waals surface area contributed by atoms with Crippen molar-refractivity contribution in [1.82, 2.24) is 15.5 Å². The first-order chi connectivity index (χ1) is 11.2. The number of nitrogens with one attached hydrogen (secondary N) is 1. The highest BCUT2D eigenvalue weighted by Crippen LogP contribution is 2.32. The van der Waals surface area contributed by atoms with Gasteiger partial charge in [-0.25, -0.2) is 0 Å². The fourth-order valence-electron chi connectivity index (χ4n) is 3.05. The lowest BCUT2D eigenvalue weighted by Gasteiger charge is -2.31. The number of hydrogen-bond acceptors (Lipinski definition) is 6. The molecule has 0 unspecified atom stereocenters. The predicted molar refractivity (Wildman–Crippen MR) is 89.7 cm³/mol. The van der Waals surface area contributed by atoms with E-state index in [0.29, 0.717) is 18.1 Å². The van der Waals surface area contributed by atoms with E-state index in [1.54, 1.807) is 4.90 Å². The zero-order chi connectivity index (χ0) is 16.2. The topological polar surface area (TPSA) is 78.4 Å². The molecule has 0 bridgehead atoms. The summed E-state index contributed by atoms with van der Waals surface area (Å²) in [5.41, 5.74) is 0. The van der Waals surface area contributed by atoms with Gasteiger partial charge >= 0.3 is 0 Å². The van der Waals surface area contributed by atoms with E-state index in [2.05, 4.69) is 27.3 Å².